The van der Waals surface area contributed by atoms with Crippen LogP contribution in [-0.2, 0) is 6.42 Å². The van der Waals surface area contributed by atoms with E-state index in [1.54, 1.807) is 12.4 Å². The summed E-state index contributed by atoms with van der Waals surface area (Å²) in [5.41, 5.74) is 6.16. The summed E-state index contributed by atoms with van der Waals surface area (Å²) in [5.74, 6) is 1.85. The predicted octanol–water partition coefficient (Wildman–Crippen LogP) is 5.32. The van der Waals surface area contributed by atoms with Crippen molar-refractivity contribution in [1.29, 1.82) is 0 Å². The summed E-state index contributed by atoms with van der Waals surface area (Å²) < 4.78 is 0. The largest absolute Gasteiger partial charge is 0.301 e. The maximum atomic E-state index is 4.73. The molecule has 0 radical (unpaired) electrons. The van der Waals surface area contributed by atoms with E-state index < -0.39 is 0 Å². The molecule has 3 aromatic carbocycles. The highest BCUT2D eigenvalue weighted by atomic mass is 15.5. The second kappa shape index (κ2) is 5.92. The molecule has 0 bridgehead atoms. The van der Waals surface area contributed by atoms with E-state index in [1.807, 2.05) is 0 Å². The summed E-state index contributed by atoms with van der Waals surface area (Å²) in [4.78, 5) is 14.1. The molecule has 1 atom stereocenters. The van der Waals surface area contributed by atoms with Crippen molar-refractivity contribution in [3.63, 3.8) is 0 Å². The van der Waals surface area contributed by atoms with Crippen LogP contribution in [0.5, 0.6) is 0 Å². The first-order valence-electron chi connectivity index (χ1n) is 9.53. The van der Waals surface area contributed by atoms with E-state index in [1.165, 1.54) is 22.4 Å². The molecule has 0 saturated carbocycles. The van der Waals surface area contributed by atoms with Gasteiger partial charge in [0.25, 0.3) is 0 Å². The molecule has 2 aliphatic heterocycles. The summed E-state index contributed by atoms with van der Waals surface area (Å²) >= 11 is 0. The van der Waals surface area contributed by atoms with Crippen molar-refractivity contribution in [2.24, 2.45) is 0 Å². The molecule has 4 aromatic rings. The van der Waals surface area contributed by atoms with Crippen LogP contribution in [0.2, 0.25) is 0 Å². The van der Waals surface area contributed by atoms with Crippen molar-refractivity contribution < 1.29 is 0 Å². The molecular weight excluding hydrogens is 344 g/mol. The van der Waals surface area contributed by atoms with Gasteiger partial charge in [-0.3, -0.25) is 0 Å². The number of nitrogens with zero attached hydrogens (tertiary/aromatic N) is 4. The monoisotopic (exact) mass is 362 g/mol. The smallest absolute Gasteiger partial charge is 0.178 e. The second-order valence-corrected chi connectivity index (χ2v) is 7.14. The van der Waals surface area contributed by atoms with E-state index in [0.29, 0.717) is 0 Å². The van der Waals surface area contributed by atoms with Gasteiger partial charge in [0, 0.05) is 30.1 Å². The van der Waals surface area contributed by atoms with Crippen LogP contribution in [0.15, 0.2) is 91.3 Å². The van der Waals surface area contributed by atoms with Gasteiger partial charge in [0.05, 0.1) is 5.69 Å². The zero-order valence-corrected chi connectivity index (χ0v) is 15.2. The van der Waals surface area contributed by atoms with Crippen molar-refractivity contribution in [2.45, 2.75) is 12.6 Å². The van der Waals surface area contributed by atoms with E-state index in [-0.39, 0.29) is 6.17 Å². The minimum atomic E-state index is 0.152. The van der Waals surface area contributed by atoms with Crippen molar-refractivity contribution in [3.8, 4) is 11.1 Å². The lowest BCUT2D eigenvalue weighted by atomic mass is 10.0. The average Bonchev–Trinajstić information content (AvgIpc) is 3.29. The Balaban J connectivity index is 1.57. The highest BCUT2D eigenvalue weighted by Crippen LogP contribution is 2.52. The summed E-state index contributed by atoms with van der Waals surface area (Å²) in [5, 5.41) is 0. The van der Waals surface area contributed by atoms with Gasteiger partial charge in [-0.25, -0.2) is 9.97 Å². The molecule has 1 aromatic heterocycles. The summed E-state index contributed by atoms with van der Waals surface area (Å²) in [6, 6.07) is 27.7. The third-order valence-corrected chi connectivity index (χ3v) is 5.61. The lowest BCUT2D eigenvalue weighted by molar-refractivity contribution is 0.724. The normalized spacial score (nSPS) is 16.6. The fourth-order valence-electron chi connectivity index (χ4n) is 4.45. The van der Waals surface area contributed by atoms with Gasteiger partial charge in [-0.05, 0) is 23.3 Å². The number of rotatable bonds is 2. The number of anilines is 4. The maximum absolute atomic E-state index is 4.73. The highest BCUT2D eigenvalue weighted by Gasteiger charge is 2.45. The Labute approximate surface area is 163 Å². The van der Waals surface area contributed by atoms with Crippen molar-refractivity contribution >= 4 is 23.0 Å². The molecule has 0 aliphatic carbocycles. The third-order valence-electron chi connectivity index (χ3n) is 5.61. The molecule has 0 N–H and O–H groups in total. The van der Waals surface area contributed by atoms with Gasteiger partial charge in [-0.15, -0.1) is 0 Å². The first-order valence-corrected chi connectivity index (χ1v) is 9.53. The number of aromatic nitrogens is 2. The van der Waals surface area contributed by atoms with E-state index in [9.17, 15) is 0 Å². The number of hydrogen-bond donors (Lipinski definition) is 0. The first kappa shape index (κ1) is 15.4. The Morgan fingerprint density at radius 2 is 1.25 bits per heavy atom. The van der Waals surface area contributed by atoms with Gasteiger partial charge >= 0.3 is 0 Å². The molecule has 1 unspecified atom stereocenters. The second-order valence-electron chi connectivity index (χ2n) is 7.14. The molecule has 0 spiro atoms. The van der Waals surface area contributed by atoms with E-state index >= 15 is 0 Å². The van der Waals surface area contributed by atoms with Gasteiger partial charge in [0.1, 0.15) is 6.17 Å². The van der Waals surface area contributed by atoms with Crippen LogP contribution < -0.4 is 9.80 Å². The predicted molar refractivity (Wildman–Crippen MR) is 112 cm³/mol. The fourth-order valence-corrected chi connectivity index (χ4v) is 4.45. The van der Waals surface area contributed by atoms with Gasteiger partial charge in [0.15, 0.2) is 11.6 Å². The summed E-state index contributed by atoms with van der Waals surface area (Å²) in [7, 11) is 0. The molecule has 4 heteroatoms. The van der Waals surface area contributed by atoms with Gasteiger partial charge in [0.2, 0.25) is 0 Å². The minimum Gasteiger partial charge on any atom is -0.301 e. The van der Waals surface area contributed by atoms with Crippen molar-refractivity contribution in [2.75, 3.05) is 9.80 Å². The number of hydrogen-bond acceptors (Lipinski definition) is 4. The molecule has 0 amide bonds. The Morgan fingerprint density at radius 3 is 2.04 bits per heavy atom. The Bertz CT molecular complexity index is 1170. The number of benzene rings is 3. The number of para-hydroxylation sites is 2. The zero-order valence-electron chi connectivity index (χ0n) is 15.2. The molecule has 3 heterocycles. The lowest BCUT2D eigenvalue weighted by Crippen LogP contribution is -2.36. The standard InChI is InChI=1S/C24H18N4/c1-2-8-17(9-3-1)19-11-5-7-13-21(19)28-22-16-18-10-4-6-12-20(18)27(22)23-24(28)26-15-14-25-23/h1-15,22H,16H2. The minimum absolute atomic E-state index is 0.152. The van der Waals surface area contributed by atoms with Crippen molar-refractivity contribution in [1.82, 2.24) is 9.97 Å². The Morgan fingerprint density at radius 1 is 0.643 bits per heavy atom. The van der Waals surface area contributed by atoms with Crippen LogP contribution in [0.1, 0.15) is 5.56 Å². The molecule has 0 saturated heterocycles. The van der Waals surface area contributed by atoms with E-state index in [4.69, 9.17) is 9.97 Å². The van der Waals surface area contributed by atoms with Crippen LogP contribution in [0, 0.1) is 0 Å². The van der Waals surface area contributed by atoms with Crippen LogP contribution in [-0.4, -0.2) is 16.1 Å². The van der Waals surface area contributed by atoms with E-state index in [0.717, 1.165) is 23.7 Å². The molecular formula is C24H18N4. The van der Waals surface area contributed by atoms with Gasteiger partial charge in [-0.1, -0.05) is 66.7 Å². The summed E-state index contributed by atoms with van der Waals surface area (Å²) in [6.45, 7) is 0. The van der Waals surface area contributed by atoms with Crippen LogP contribution >= 0.6 is 0 Å². The SMILES string of the molecule is c1ccc(-c2ccccc2N2c3nccnc3N3c4ccccc4CC32)cc1. The van der Waals surface area contributed by atoms with Crippen LogP contribution in [0.25, 0.3) is 11.1 Å². The Kier molecular flexibility index (Phi) is 3.26. The zero-order chi connectivity index (χ0) is 18.5. The number of fused-ring (bicyclic) bond motifs is 5. The quantitative estimate of drug-likeness (QED) is 0.483. The summed E-state index contributed by atoms with van der Waals surface area (Å²) in [6.07, 6.45) is 4.66. The first-order chi connectivity index (χ1) is 13.9. The average molecular weight is 362 g/mol. The molecule has 4 nitrogen and oxygen atoms in total. The highest BCUT2D eigenvalue weighted by molar-refractivity contribution is 5.91. The van der Waals surface area contributed by atoms with Crippen LogP contribution in [0.3, 0.4) is 0 Å². The topological polar surface area (TPSA) is 32.3 Å². The molecule has 28 heavy (non-hydrogen) atoms. The molecule has 0 fully saturated rings. The molecule has 6 rings (SSSR count). The molecule has 2 aliphatic rings. The van der Waals surface area contributed by atoms with Crippen LogP contribution in [0.4, 0.5) is 23.0 Å². The Hall–Kier alpha value is -3.66. The van der Waals surface area contributed by atoms with Gasteiger partial charge < -0.3 is 9.80 Å². The maximum Gasteiger partial charge on any atom is 0.178 e. The third kappa shape index (κ3) is 2.12. The van der Waals surface area contributed by atoms with Gasteiger partial charge in [-0.2, -0.15) is 0 Å². The molecule has 134 valence electrons. The lowest BCUT2D eigenvalue weighted by Gasteiger charge is -2.28. The van der Waals surface area contributed by atoms with Crippen molar-refractivity contribution in [3.05, 3.63) is 96.8 Å². The van der Waals surface area contributed by atoms with E-state index in [2.05, 4.69) is 88.7 Å². The fraction of sp³-hybridized carbons (Fsp3) is 0.0833.